The largest absolute Gasteiger partial charge is 0.495 e. The van der Waals surface area contributed by atoms with Crippen LogP contribution in [0.4, 0.5) is 0 Å². The molecular formula is C15H20N2O3. The van der Waals surface area contributed by atoms with Gasteiger partial charge >= 0.3 is 5.97 Å². The predicted molar refractivity (Wildman–Crippen MR) is 75.3 cm³/mol. The maximum absolute atomic E-state index is 11.2. The van der Waals surface area contributed by atoms with Crippen LogP contribution in [0.5, 0.6) is 5.75 Å². The van der Waals surface area contributed by atoms with Crippen molar-refractivity contribution in [2.24, 2.45) is 0 Å². The Hall–Kier alpha value is -2.06. The number of rotatable bonds is 7. The Balaban J connectivity index is 2.70. The maximum atomic E-state index is 11.2. The van der Waals surface area contributed by atoms with Gasteiger partial charge in [0.1, 0.15) is 11.8 Å². The van der Waals surface area contributed by atoms with E-state index in [-0.39, 0.29) is 5.97 Å². The molecule has 1 aromatic rings. The van der Waals surface area contributed by atoms with Crippen molar-refractivity contribution in [1.29, 1.82) is 5.26 Å². The fourth-order valence-corrected chi connectivity index (χ4v) is 1.90. The summed E-state index contributed by atoms with van der Waals surface area (Å²) >= 11 is 0. The Kier molecular flexibility index (Phi) is 6.54. The van der Waals surface area contributed by atoms with Gasteiger partial charge in [-0.05, 0) is 24.2 Å². The molecule has 0 aliphatic carbocycles. The van der Waals surface area contributed by atoms with Crippen LogP contribution in [0, 0.1) is 11.3 Å². The maximum Gasteiger partial charge on any atom is 0.306 e. The molecule has 0 radical (unpaired) electrons. The normalized spacial score (nSPS) is 10.2. The molecule has 0 N–H and O–H groups in total. The molecule has 0 saturated carbocycles. The highest BCUT2D eigenvalue weighted by atomic mass is 16.5. The number of hydrogen-bond acceptors (Lipinski definition) is 5. The van der Waals surface area contributed by atoms with Crippen LogP contribution in [0.3, 0.4) is 0 Å². The zero-order chi connectivity index (χ0) is 15.0. The monoisotopic (exact) mass is 276 g/mol. The summed E-state index contributed by atoms with van der Waals surface area (Å²) in [5.74, 6) is 0.366. The van der Waals surface area contributed by atoms with Gasteiger partial charge in [-0.25, -0.2) is 0 Å². The van der Waals surface area contributed by atoms with E-state index in [4.69, 9.17) is 10.00 Å². The molecule has 0 spiro atoms. The summed E-state index contributed by atoms with van der Waals surface area (Å²) in [5, 5.41) is 9.07. The molecule has 1 aromatic carbocycles. The van der Waals surface area contributed by atoms with Gasteiger partial charge in [0.05, 0.1) is 26.2 Å². The number of nitriles is 1. The fraction of sp³-hybridized carbons (Fsp3) is 0.467. The molecule has 108 valence electrons. The lowest BCUT2D eigenvalue weighted by Gasteiger charge is -2.20. The van der Waals surface area contributed by atoms with Crippen LogP contribution in [0.2, 0.25) is 0 Å². The van der Waals surface area contributed by atoms with Gasteiger partial charge in [-0.15, -0.1) is 0 Å². The summed E-state index contributed by atoms with van der Waals surface area (Å²) in [6.45, 7) is 4.18. The number of carbonyl (C=O) groups excluding carboxylic acids is 1. The fourth-order valence-electron chi connectivity index (χ4n) is 1.90. The van der Waals surface area contributed by atoms with Crippen molar-refractivity contribution < 1.29 is 14.3 Å². The molecule has 0 atom stereocenters. The van der Waals surface area contributed by atoms with Gasteiger partial charge in [-0.2, -0.15) is 5.26 Å². The molecule has 0 saturated heterocycles. The van der Waals surface area contributed by atoms with E-state index in [2.05, 4.69) is 15.7 Å². The van der Waals surface area contributed by atoms with Crippen LogP contribution in [0.25, 0.3) is 0 Å². The number of nitrogens with zero attached hydrogens (tertiary/aromatic N) is 2. The van der Waals surface area contributed by atoms with Crippen molar-refractivity contribution in [3.8, 4) is 11.8 Å². The Morgan fingerprint density at radius 2 is 2.15 bits per heavy atom. The second-order valence-electron chi connectivity index (χ2n) is 4.34. The van der Waals surface area contributed by atoms with Gasteiger partial charge in [0.2, 0.25) is 0 Å². The van der Waals surface area contributed by atoms with Crippen molar-refractivity contribution in [2.75, 3.05) is 27.3 Å². The molecule has 0 aromatic heterocycles. The minimum absolute atomic E-state index is 0.212. The minimum Gasteiger partial charge on any atom is -0.495 e. The van der Waals surface area contributed by atoms with Crippen molar-refractivity contribution in [3.63, 3.8) is 0 Å². The predicted octanol–water partition coefficient (Wildman–Crippen LogP) is 1.95. The molecule has 20 heavy (non-hydrogen) atoms. The zero-order valence-electron chi connectivity index (χ0n) is 12.2. The van der Waals surface area contributed by atoms with E-state index in [0.717, 1.165) is 12.1 Å². The van der Waals surface area contributed by atoms with Crippen LogP contribution in [-0.4, -0.2) is 38.2 Å². The number of carbonyl (C=O) groups is 1. The Bertz CT molecular complexity index is 494. The number of methoxy groups -OCH3 is 2. The molecule has 0 heterocycles. The highest BCUT2D eigenvalue weighted by Crippen LogP contribution is 2.19. The smallest absolute Gasteiger partial charge is 0.306 e. The second-order valence-corrected chi connectivity index (χ2v) is 4.34. The topological polar surface area (TPSA) is 62.6 Å². The Labute approximate surface area is 119 Å². The summed E-state index contributed by atoms with van der Waals surface area (Å²) in [6, 6.07) is 7.66. The van der Waals surface area contributed by atoms with E-state index in [1.807, 2.05) is 19.1 Å². The van der Waals surface area contributed by atoms with Crippen molar-refractivity contribution in [2.45, 2.75) is 19.9 Å². The Morgan fingerprint density at radius 3 is 2.70 bits per heavy atom. The molecular weight excluding hydrogens is 256 g/mol. The summed E-state index contributed by atoms with van der Waals surface area (Å²) < 4.78 is 9.76. The first-order valence-electron chi connectivity index (χ1n) is 6.50. The zero-order valence-corrected chi connectivity index (χ0v) is 12.2. The molecule has 0 aliphatic rings. The molecule has 5 heteroatoms. The lowest BCUT2D eigenvalue weighted by atomic mass is 10.1. The number of ether oxygens (including phenoxy) is 2. The average Bonchev–Trinajstić information content (AvgIpc) is 2.50. The van der Waals surface area contributed by atoms with Gasteiger partial charge in [0, 0.05) is 13.1 Å². The molecule has 5 nitrogen and oxygen atoms in total. The van der Waals surface area contributed by atoms with E-state index in [9.17, 15) is 4.79 Å². The van der Waals surface area contributed by atoms with Gasteiger partial charge in [0.25, 0.3) is 0 Å². The average molecular weight is 276 g/mol. The van der Waals surface area contributed by atoms with Gasteiger partial charge < -0.3 is 9.47 Å². The molecule has 1 rings (SSSR count). The standard InChI is InChI=1S/C15H20N2O3/c1-4-17(8-7-15(18)20-3)11-12-5-6-14(19-2)13(9-12)10-16/h5-6,9H,4,7-8,11H2,1-3H3. The summed E-state index contributed by atoms with van der Waals surface area (Å²) in [4.78, 5) is 13.3. The summed E-state index contributed by atoms with van der Waals surface area (Å²) in [5.41, 5.74) is 1.54. The van der Waals surface area contributed by atoms with Crippen LogP contribution >= 0.6 is 0 Å². The van der Waals surface area contributed by atoms with Gasteiger partial charge in [-0.1, -0.05) is 13.0 Å². The molecule has 0 aliphatic heterocycles. The molecule has 0 bridgehead atoms. The minimum atomic E-state index is -0.212. The molecule has 0 unspecified atom stereocenters. The Morgan fingerprint density at radius 1 is 1.40 bits per heavy atom. The summed E-state index contributed by atoms with van der Waals surface area (Å²) in [6.07, 6.45) is 0.367. The molecule has 0 fully saturated rings. The second kappa shape index (κ2) is 8.18. The van der Waals surface area contributed by atoms with Crippen LogP contribution in [0.1, 0.15) is 24.5 Å². The first-order chi connectivity index (χ1) is 9.64. The van der Waals surface area contributed by atoms with Crippen molar-refractivity contribution in [3.05, 3.63) is 29.3 Å². The van der Waals surface area contributed by atoms with Crippen LogP contribution in [0.15, 0.2) is 18.2 Å². The van der Waals surface area contributed by atoms with Crippen LogP contribution in [-0.2, 0) is 16.1 Å². The van der Waals surface area contributed by atoms with E-state index in [1.165, 1.54) is 7.11 Å². The molecule has 0 amide bonds. The van der Waals surface area contributed by atoms with E-state index >= 15 is 0 Å². The summed E-state index contributed by atoms with van der Waals surface area (Å²) in [7, 11) is 2.94. The number of hydrogen-bond donors (Lipinski definition) is 0. The van der Waals surface area contributed by atoms with E-state index < -0.39 is 0 Å². The third kappa shape index (κ3) is 4.56. The lowest BCUT2D eigenvalue weighted by molar-refractivity contribution is -0.141. The highest BCUT2D eigenvalue weighted by Gasteiger charge is 2.09. The van der Waals surface area contributed by atoms with Crippen LogP contribution < -0.4 is 4.74 Å². The van der Waals surface area contributed by atoms with E-state index in [0.29, 0.717) is 30.8 Å². The third-order valence-corrected chi connectivity index (χ3v) is 3.10. The third-order valence-electron chi connectivity index (χ3n) is 3.10. The SMILES string of the molecule is CCN(CCC(=O)OC)Cc1ccc(OC)c(C#N)c1. The van der Waals surface area contributed by atoms with E-state index in [1.54, 1.807) is 13.2 Å². The van der Waals surface area contributed by atoms with Crippen molar-refractivity contribution >= 4 is 5.97 Å². The number of benzene rings is 1. The van der Waals surface area contributed by atoms with Crippen molar-refractivity contribution in [1.82, 2.24) is 4.90 Å². The lowest BCUT2D eigenvalue weighted by Crippen LogP contribution is -2.26. The first kappa shape index (κ1) is 16.0. The van der Waals surface area contributed by atoms with Gasteiger partial charge in [0.15, 0.2) is 0 Å². The number of esters is 1. The van der Waals surface area contributed by atoms with Gasteiger partial charge in [-0.3, -0.25) is 9.69 Å². The highest BCUT2D eigenvalue weighted by molar-refractivity contribution is 5.69. The first-order valence-corrected chi connectivity index (χ1v) is 6.50. The quantitative estimate of drug-likeness (QED) is 0.712.